The predicted octanol–water partition coefficient (Wildman–Crippen LogP) is 2.40. The molecule has 2 heterocycles. The molecule has 2 aromatic rings. The number of hydrogen-bond donors (Lipinski definition) is 1. The SMILES string of the molecule is COC1CCN(Cc2nc3c(C)c(C)ccc3[nH]2)C1. The lowest BCUT2D eigenvalue weighted by Gasteiger charge is -2.13. The van der Waals surface area contributed by atoms with Crippen LogP contribution in [-0.4, -0.2) is 41.2 Å². The highest BCUT2D eigenvalue weighted by atomic mass is 16.5. The Morgan fingerprint density at radius 2 is 2.26 bits per heavy atom. The molecule has 1 aromatic heterocycles. The quantitative estimate of drug-likeness (QED) is 0.920. The van der Waals surface area contributed by atoms with E-state index >= 15 is 0 Å². The summed E-state index contributed by atoms with van der Waals surface area (Å²) in [6.07, 6.45) is 1.50. The molecule has 1 fully saturated rings. The number of fused-ring (bicyclic) bond motifs is 1. The van der Waals surface area contributed by atoms with Crippen molar-refractivity contribution >= 4 is 11.0 Å². The average Bonchev–Trinajstić information content (AvgIpc) is 3.01. The van der Waals surface area contributed by atoms with Gasteiger partial charge in [-0.25, -0.2) is 4.98 Å². The van der Waals surface area contributed by atoms with Crippen molar-refractivity contribution in [1.82, 2.24) is 14.9 Å². The molecular formula is C15H21N3O. The van der Waals surface area contributed by atoms with Crippen molar-refractivity contribution in [1.29, 1.82) is 0 Å². The van der Waals surface area contributed by atoms with Gasteiger partial charge >= 0.3 is 0 Å². The van der Waals surface area contributed by atoms with E-state index in [1.165, 1.54) is 11.1 Å². The number of benzene rings is 1. The molecular weight excluding hydrogens is 238 g/mol. The second kappa shape index (κ2) is 4.94. The highest BCUT2D eigenvalue weighted by molar-refractivity contribution is 5.79. The van der Waals surface area contributed by atoms with Crippen molar-refractivity contribution in [3.8, 4) is 0 Å². The number of hydrogen-bond acceptors (Lipinski definition) is 3. The molecule has 1 atom stereocenters. The van der Waals surface area contributed by atoms with Crippen LogP contribution in [0.4, 0.5) is 0 Å². The monoisotopic (exact) mass is 259 g/mol. The zero-order valence-corrected chi connectivity index (χ0v) is 11.9. The smallest absolute Gasteiger partial charge is 0.121 e. The Bertz CT molecular complexity index is 590. The molecule has 1 unspecified atom stereocenters. The Kier molecular flexibility index (Phi) is 3.29. The number of rotatable bonds is 3. The van der Waals surface area contributed by atoms with Crippen LogP contribution in [0.3, 0.4) is 0 Å². The largest absolute Gasteiger partial charge is 0.380 e. The maximum Gasteiger partial charge on any atom is 0.121 e. The van der Waals surface area contributed by atoms with Gasteiger partial charge in [0.1, 0.15) is 5.82 Å². The molecule has 0 saturated carbocycles. The van der Waals surface area contributed by atoms with Crippen LogP contribution >= 0.6 is 0 Å². The normalized spacial score (nSPS) is 20.5. The third-order valence-electron chi connectivity index (χ3n) is 4.16. The number of ether oxygens (including phenoxy) is 1. The fraction of sp³-hybridized carbons (Fsp3) is 0.533. The topological polar surface area (TPSA) is 41.1 Å². The summed E-state index contributed by atoms with van der Waals surface area (Å²) >= 11 is 0. The minimum atomic E-state index is 0.383. The Balaban J connectivity index is 1.81. The van der Waals surface area contributed by atoms with Crippen LogP contribution in [0.1, 0.15) is 23.4 Å². The van der Waals surface area contributed by atoms with Crippen LogP contribution in [0.25, 0.3) is 11.0 Å². The van der Waals surface area contributed by atoms with E-state index in [4.69, 9.17) is 9.72 Å². The number of methoxy groups -OCH3 is 1. The van der Waals surface area contributed by atoms with Crippen molar-refractivity contribution in [2.75, 3.05) is 20.2 Å². The minimum Gasteiger partial charge on any atom is -0.380 e. The van der Waals surface area contributed by atoms with Gasteiger partial charge in [0.2, 0.25) is 0 Å². The lowest BCUT2D eigenvalue weighted by molar-refractivity contribution is 0.107. The van der Waals surface area contributed by atoms with Crippen molar-refractivity contribution in [2.24, 2.45) is 0 Å². The summed E-state index contributed by atoms with van der Waals surface area (Å²) in [4.78, 5) is 10.6. The molecule has 0 aliphatic carbocycles. The van der Waals surface area contributed by atoms with Gasteiger partial charge < -0.3 is 9.72 Å². The molecule has 0 bridgehead atoms. The first-order chi connectivity index (χ1) is 9.17. The molecule has 4 nitrogen and oxygen atoms in total. The Morgan fingerprint density at radius 3 is 3.00 bits per heavy atom. The molecule has 19 heavy (non-hydrogen) atoms. The van der Waals surface area contributed by atoms with Gasteiger partial charge in [-0.15, -0.1) is 0 Å². The van der Waals surface area contributed by atoms with Crippen molar-refractivity contribution in [3.05, 3.63) is 29.1 Å². The van der Waals surface area contributed by atoms with Gasteiger partial charge in [0.05, 0.1) is 23.7 Å². The molecule has 0 amide bonds. The first-order valence-corrected chi connectivity index (χ1v) is 6.87. The third kappa shape index (κ3) is 2.38. The van der Waals surface area contributed by atoms with E-state index in [2.05, 4.69) is 35.9 Å². The van der Waals surface area contributed by atoms with Gasteiger partial charge in [-0.1, -0.05) is 6.07 Å². The number of likely N-dealkylation sites (tertiary alicyclic amines) is 1. The molecule has 0 radical (unpaired) electrons. The fourth-order valence-corrected chi connectivity index (χ4v) is 2.78. The van der Waals surface area contributed by atoms with Crippen LogP contribution < -0.4 is 0 Å². The minimum absolute atomic E-state index is 0.383. The summed E-state index contributed by atoms with van der Waals surface area (Å²) in [6.45, 7) is 7.25. The highest BCUT2D eigenvalue weighted by Crippen LogP contribution is 2.21. The second-order valence-electron chi connectivity index (χ2n) is 5.47. The molecule has 1 saturated heterocycles. The summed E-state index contributed by atoms with van der Waals surface area (Å²) in [5.41, 5.74) is 4.82. The molecule has 0 spiro atoms. The standard InChI is InChI=1S/C15H21N3O/c1-10-4-5-13-15(11(10)2)17-14(16-13)9-18-7-6-12(8-18)19-3/h4-5,12H,6-9H2,1-3H3,(H,16,17). The zero-order chi connectivity index (χ0) is 13.4. The molecule has 3 rings (SSSR count). The first-order valence-electron chi connectivity index (χ1n) is 6.87. The van der Waals surface area contributed by atoms with Crippen LogP contribution in [0.5, 0.6) is 0 Å². The lowest BCUT2D eigenvalue weighted by atomic mass is 10.1. The van der Waals surface area contributed by atoms with E-state index < -0.39 is 0 Å². The summed E-state index contributed by atoms with van der Waals surface area (Å²) in [6, 6.07) is 4.27. The van der Waals surface area contributed by atoms with E-state index in [0.717, 1.165) is 42.9 Å². The Morgan fingerprint density at radius 1 is 1.42 bits per heavy atom. The molecule has 1 aliphatic heterocycles. The summed E-state index contributed by atoms with van der Waals surface area (Å²) in [5.74, 6) is 1.06. The van der Waals surface area contributed by atoms with E-state index in [9.17, 15) is 0 Å². The number of nitrogens with one attached hydrogen (secondary N) is 1. The van der Waals surface area contributed by atoms with E-state index in [1.54, 1.807) is 7.11 Å². The maximum atomic E-state index is 5.40. The Hall–Kier alpha value is -1.39. The van der Waals surface area contributed by atoms with E-state index in [1.807, 2.05) is 0 Å². The van der Waals surface area contributed by atoms with Gasteiger partial charge in [0.25, 0.3) is 0 Å². The number of aromatic nitrogens is 2. The number of imidazole rings is 1. The fourth-order valence-electron chi connectivity index (χ4n) is 2.78. The highest BCUT2D eigenvalue weighted by Gasteiger charge is 2.22. The van der Waals surface area contributed by atoms with Crippen LogP contribution in [0, 0.1) is 13.8 Å². The molecule has 1 N–H and O–H groups in total. The molecule has 1 aromatic carbocycles. The lowest BCUT2D eigenvalue weighted by Crippen LogP contribution is -2.22. The Labute approximate surface area is 113 Å². The number of H-pyrrole nitrogens is 1. The van der Waals surface area contributed by atoms with Crippen LogP contribution in [-0.2, 0) is 11.3 Å². The van der Waals surface area contributed by atoms with Crippen molar-refractivity contribution in [2.45, 2.75) is 32.9 Å². The average molecular weight is 259 g/mol. The number of aromatic amines is 1. The number of aryl methyl sites for hydroxylation is 2. The molecule has 1 aliphatic rings. The van der Waals surface area contributed by atoms with Gasteiger partial charge in [-0.05, 0) is 37.5 Å². The van der Waals surface area contributed by atoms with Gasteiger partial charge in [-0.3, -0.25) is 4.90 Å². The third-order valence-corrected chi connectivity index (χ3v) is 4.16. The van der Waals surface area contributed by atoms with Crippen LogP contribution in [0.15, 0.2) is 12.1 Å². The van der Waals surface area contributed by atoms with Gasteiger partial charge in [0.15, 0.2) is 0 Å². The number of nitrogens with zero attached hydrogens (tertiary/aromatic N) is 2. The zero-order valence-electron chi connectivity index (χ0n) is 11.9. The predicted molar refractivity (Wildman–Crippen MR) is 76.3 cm³/mol. The molecule has 4 heteroatoms. The molecule has 102 valence electrons. The summed E-state index contributed by atoms with van der Waals surface area (Å²) in [5, 5.41) is 0. The first kappa shape index (κ1) is 12.6. The maximum absolute atomic E-state index is 5.40. The summed E-state index contributed by atoms with van der Waals surface area (Å²) in [7, 11) is 1.79. The van der Waals surface area contributed by atoms with Gasteiger partial charge in [0, 0.05) is 20.2 Å². The van der Waals surface area contributed by atoms with E-state index in [0.29, 0.717) is 6.10 Å². The van der Waals surface area contributed by atoms with E-state index in [-0.39, 0.29) is 0 Å². The summed E-state index contributed by atoms with van der Waals surface area (Å²) < 4.78 is 5.40. The van der Waals surface area contributed by atoms with Gasteiger partial charge in [-0.2, -0.15) is 0 Å². The van der Waals surface area contributed by atoms with Crippen LogP contribution in [0.2, 0.25) is 0 Å². The second-order valence-corrected chi connectivity index (χ2v) is 5.47. The van der Waals surface area contributed by atoms with Crippen molar-refractivity contribution in [3.63, 3.8) is 0 Å². The van der Waals surface area contributed by atoms with Crippen molar-refractivity contribution < 1.29 is 4.74 Å².